The fourth-order valence-corrected chi connectivity index (χ4v) is 2.48. The molecule has 0 heterocycles. The second-order valence-electron chi connectivity index (χ2n) is 5.13. The molecule has 4 nitrogen and oxygen atoms in total. The van der Waals surface area contributed by atoms with Gasteiger partial charge >= 0.3 is 0 Å². The van der Waals surface area contributed by atoms with Gasteiger partial charge in [0.05, 0.1) is 0 Å². The van der Waals surface area contributed by atoms with Gasteiger partial charge < -0.3 is 15.4 Å². The van der Waals surface area contributed by atoms with Crippen LogP contribution in [0.1, 0.15) is 18.6 Å². The number of benzene rings is 2. The maximum absolute atomic E-state index is 14.0. The lowest BCUT2D eigenvalue weighted by Gasteiger charge is -2.19. The Labute approximate surface area is 161 Å². The minimum Gasteiger partial charge on any atom is -0.473 e. The van der Waals surface area contributed by atoms with Crippen molar-refractivity contribution in [3.63, 3.8) is 0 Å². The minimum atomic E-state index is -0.913. The summed E-state index contributed by atoms with van der Waals surface area (Å²) < 4.78 is 20.3. The molecule has 0 radical (unpaired) electrons. The summed E-state index contributed by atoms with van der Waals surface area (Å²) in [6.45, 7) is 3.96. The van der Waals surface area contributed by atoms with Gasteiger partial charge in [-0.15, -0.1) is 12.4 Å². The van der Waals surface area contributed by atoms with Crippen LogP contribution in [0.2, 0.25) is 0 Å². The summed E-state index contributed by atoms with van der Waals surface area (Å²) in [5.74, 6) is -0.791. The van der Waals surface area contributed by atoms with Crippen LogP contribution in [0, 0.1) is 5.82 Å². The summed E-state index contributed by atoms with van der Waals surface area (Å²) in [6, 6.07) is 13.5. The van der Waals surface area contributed by atoms with E-state index in [1.165, 1.54) is 12.1 Å². The van der Waals surface area contributed by atoms with Crippen LogP contribution in [0.3, 0.4) is 0 Å². The number of amides is 1. The summed E-state index contributed by atoms with van der Waals surface area (Å²) in [7, 11) is 0. The van der Waals surface area contributed by atoms with Crippen LogP contribution < -0.4 is 15.4 Å². The van der Waals surface area contributed by atoms with Gasteiger partial charge in [0, 0.05) is 23.1 Å². The SMILES string of the molecule is CCNCCNC(=O)C(Oc1ccc(Br)cc1F)c1ccccc1.Cl. The smallest absolute Gasteiger partial charge is 0.265 e. The van der Waals surface area contributed by atoms with Crippen molar-refractivity contribution >= 4 is 34.2 Å². The van der Waals surface area contributed by atoms with Crippen LogP contribution >= 0.6 is 28.3 Å². The van der Waals surface area contributed by atoms with Crippen molar-refractivity contribution in [2.45, 2.75) is 13.0 Å². The zero-order chi connectivity index (χ0) is 17.4. The molecule has 0 aromatic heterocycles. The van der Waals surface area contributed by atoms with Crippen LogP contribution in [-0.4, -0.2) is 25.5 Å². The number of carbonyl (C=O) groups excluding carboxylic acids is 1. The first-order chi connectivity index (χ1) is 11.6. The van der Waals surface area contributed by atoms with E-state index in [-0.39, 0.29) is 24.1 Å². The molecule has 0 aliphatic carbocycles. The van der Waals surface area contributed by atoms with Gasteiger partial charge in [-0.1, -0.05) is 53.2 Å². The van der Waals surface area contributed by atoms with E-state index in [1.54, 1.807) is 18.2 Å². The van der Waals surface area contributed by atoms with Gasteiger partial charge in [0.15, 0.2) is 11.6 Å². The highest BCUT2D eigenvalue weighted by molar-refractivity contribution is 9.10. The van der Waals surface area contributed by atoms with Crippen LogP contribution in [0.5, 0.6) is 5.75 Å². The van der Waals surface area contributed by atoms with Crippen LogP contribution in [0.15, 0.2) is 53.0 Å². The summed E-state index contributed by atoms with van der Waals surface area (Å²) in [4.78, 5) is 12.5. The second kappa shape index (κ2) is 11.1. The van der Waals surface area contributed by atoms with Gasteiger partial charge in [-0.2, -0.15) is 0 Å². The van der Waals surface area contributed by atoms with E-state index in [0.717, 1.165) is 6.54 Å². The molecule has 0 aliphatic rings. The standard InChI is InChI=1S/C18H20BrFN2O2.ClH/c1-2-21-10-11-22-18(23)17(13-6-4-3-5-7-13)24-16-9-8-14(19)12-15(16)20;/h3-9,12,17,21H,2,10-11H2,1H3,(H,22,23);1H. The van der Waals surface area contributed by atoms with E-state index in [9.17, 15) is 9.18 Å². The molecule has 2 aromatic rings. The Kier molecular flexibility index (Phi) is 9.49. The predicted octanol–water partition coefficient (Wildman–Crippen LogP) is 3.86. The van der Waals surface area contributed by atoms with E-state index in [1.807, 2.05) is 25.1 Å². The Hall–Kier alpha value is -1.63. The molecule has 2 aromatic carbocycles. The molecule has 1 amide bonds. The summed E-state index contributed by atoms with van der Waals surface area (Å²) >= 11 is 3.20. The lowest BCUT2D eigenvalue weighted by Crippen LogP contribution is -2.37. The normalized spacial score (nSPS) is 11.3. The number of likely N-dealkylation sites (N-methyl/N-ethyl adjacent to an activating group) is 1. The topological polar surface area (TPSA) is 50.4 Å². The highest BCUT2D eigenvalue weighted by Gasteiger charge is 2.23. The quantitative estimate of drug-likeness (QED) is 0.624. The first-order valence-electron chi connectivity index (χ1n) is 7.77. The molecule has 1 unspecified atom stereocenters. The van der Waals surface area contributed by atoms with E-state index < -0.39 is 11.9 Å². The molecule has 0 bridgehead atoms. The lowest BCUT2D eigenvalue weighted by molar-refractivity contribution is -0.128. The van der Waals surface area contributed by atoms with Gasteiger partial charge in [0.25, 0.3) is 5.91 Å². The number of nitrogens with one attached hydrogen (secondary N) is 2. The molecule has 0 aliphatic heterocycles. The van der Waals surface area contributed by atoms with Crippen molar-refractivity contribution in [1.82, 2.24) is 10.6 Å². The van der Waals surface area contributed by atoms with Crippen molar-refractivity contribution in [2.24, 2.45) is 0 Å². The maximum Gasteiger partial charge on any atom is 0.265 e. The Morgan fingerprint density at radius 2 is 1.92 bits per heavy atom. The Balaban J connectivity index is 0.00000312. The third-order valence-electron chi connectivity index (χ3n) is 3.33. The van der Waals surface area contributed by atoms with Crippen LogP contribution in [0.4, 0.5) is 4.39 Å². The Morgan fingerprint density at radius 3 is 2.56 bits per heavy atom. The zero-order valence-electron chi connectivity index (χ0n) is 13.8. The average Bonchev–Trinajstić information content (AvgIpc) is 2.58. The number of halogens is 3. The van der Waals surface area contributed by atoms with Crippen LogP contribution in [-0.2, 0) is 4.79 Å². The summed E-state index contributed by atoms with van der Waals surface area (Å²) in [6.07, 6.45) is -0.913. The number of hydrogen-bond acceptors (Lipinski definition) is 3. The number of carbonyl (C=O) groups is 1. The molecular weight excluding hydrogens is 411 g/mol. The summed E-state index contributed by atoms with van der Waals surface area (Å²) in [5, 5.41) is 5.94. The molecule has 0 fully saturated rings. The molecule has 25 heavy (non-hydrogen) atoms. The molecule has 7 heteroatoms. The first-order valence-corrected chi connectivity index (χ1v) is 8.56. The van der Waals surface area contributed by atoms with Crippen molar-refractivity contribution in [3.8, 4) is 5.75 Å². The van der Waals surface area contributed by atoms with Crippen molar-refractivity contribution < 1.29 is 13.9 Å². The predicted molar refractivity (Wildman–Crippen MR) is 103 cm³/mol. The van der Waals surface area contributed by atoms with E-state index in [2.05, 4.69) is 26.6 Å². The number of rotatable bonds is 8. The molecule has 0 spiro atoms. The molecule has 2 N–H and O–H groups in total. The minimum absolute atomic E-state index is 0. The number of hydrogen-bond donors (Lipinski definition) is 2. The van der Waals surface area contributed by atoms with Gasteiger partial charge in [-0.3, -0.25) is 4.79 Å². The second-order valence-corrected chi connectivity index (χ2v) is 6.04. The largest absolute Gasteiger partial charge is 0.473 e. The van der Waals surface area contributed by atoms with Gasteiger partial charge in [0.2, 0.25) is 6.10 Å². The maximum atomic E-state index is 14.0. The highest BCUT2D eigenvalue weighted by atomic mass is 79.9. The molecule has 0 saturated carbocycles. The molecule has 0 saturated heterocycles. The monoisotopic (exact) mass is 430 g/mol. The Morgan fingerprint density at radius 1 is 1.20 bits per heavy atom. The third kappa shape index (κ3) is 6.65. The fraction of sp³-hybridized carbons (Fsp3) is 0.278. The lowest BCUT2D eigenvalue weighted by atomic mass is 10.1. The van der Waals surface area contributed by atoms with E-state index in [0.29, 0.717) is 23.1 Å². The molecular formula is C18H21BrClFN2O2. The fourth-order valence-electron chi connectivity index (χ4n) is 2.14. The zero-order valence-corrected chi connectivity index (χ0v) is 16.2. The highest BCUT2D eigenvalue weighted by Crippen LogP contribution is 2.27. The average molecular weight is 432 g/mol. The number of ether oxygens (including phenoxy) is 1. The van der Waals surface area contributed by atoms with Gasteiger partial charge in [0.1, 0.15) is 0 Å². The van der Waals surface area contributed by atoms with E-state index >= 15 is 0 Å². The molecule has 136 valence electrons. The summed E-state index contributed by atoms with van der Waals surface area (Å²) in [5.41, 5.74) is 0.667. The third-order valence-corrected chi connectivity index (χ3v) is 3.82. The van der Waals surface area contributed by atoms with Gasteiger partial charge in [-0.25, -0.2) is 4.39 Å². The molecule has 1 atom stereocenters. The van der Waals surface area contributed by atoms with Crippen LogP contribution in [0.25, 0.3) is 0 Å². The van der Waals surface area contributed by atoms with Crippen molar-refractivity contribution in [1.29, 1.82) is 0 Å². The Bertz CT molecular complexity index is 673. The van der Waals surface area contributed by atoms with Crippen molar-refractivity contribution in [3.05, 3.63) is 64.4 Å². The van der Waals surface area contributed by atoms with Crippen molar-refractivity contribution in [2.75, 3.05) is 19.6 Å². The van der Waals surface area contributed by atoms with E-state index in [4.69, 9.17) is 4.74 Å². The van der Waals surface area contributed by atoms with Gasteiger partial charge in [-0.05, 0) is 24.7 Å². The first kappa shape index (κ1) is 21.4. The molecule has 2 rings (SSSR count).